The minimum atomic E-state index is -0.456. The summed E-state index contributed by atoms with van der Waals surface area (Å²) in [5.41, 5.74) is 0.902. The van der Waals surface area contributed by atoms with Crippen LogP contribution in [-0.4, -0.2) is 21.2 Å². The van der Waals surface area contributed by atoms with Gasteiger partial charge in [0.15, 0.2) is 0 Å². The fourth-order valence-electron chi connectivity index (χ4n) is 1.53. The lowest BCUT2D eigenvalue weighted by Crippen LogP contribution is -2.05. The Labute approximate surface area is 103 Å². The number of hydrogen-bond acceptors (Lipinski definition) is 5. The molecule has 0 amide bonds. The van der Waals surface area contributed by atoms with E-state index in [9.17, 15) is 15.2 Å². The molecule has 0 spiro atoms. The number of hydrogen-bond donors (Lipinski definition) is 1. The van der Waals surface area contributed by atoms with Crippen molar-refractivity contribution in [2.75, 3.05) is 0 Å². The van der Waals surface area contributed by atoms with Crippen LogP contribution in [0, 0.1) is 10.1 Å². The van der Waals surface area contributed by atoms with Gasteiger partial charge in [-0.2, -0.15) is 0 Å². The molecule has 92 valence electrons. The molecule has 6 nitrogen and oxygen atoms in total. The number of rotatable bonds is 3. The van der Waals surface area contributed by atoms with E-state index in [1.807, 2.05) is 6.07 Å². The quantitative estimate of drug-likeness (QED) is 0.502. The van der Waals surface area contributed by atoms with Crippen LogP contribution >= 0.6 is 0 Å². The summed E-state index contributed by atoms with van der Waals surface area (Å²) in [5, 5.41) is 20.3. The Balaban J connectivity index is 2.22. The highest BCUT2D eigenvalue weighted by molar-refractivity contribution is 5.78. The molecule has 2 rings (SSSR count). The smallest absolute Gasteiger partial charge is 0.248 e. The topological polar surface area (TPSA) is 88.6 Å². The van der Waals surface area contributed by atoms with E-state index in [0.29, 0.717) is 5.69 Å². The molecule has 0 saturated heterocycles. The van der Waals surface area contributed by atoms with E-state index in [1.165, 1.54) is 12.3 Å². The average molecular weight is 245 g/mol. The van der Waals surface area contributed by atoms with Crippen LogP contribution in [0.15, 0.2) is 52.6 Å². The van der Waals surface area contributed by atoms with Gasteiger partial charge in [-0.15, -0.1) is 0 Å². The van der Waals surface area contributed by atoms with Gasteiger partial charge < -0.3 is 5.11 Å². The zero-order valence-electron chi connectivity index (χ0n) is 9.48. The minimum absolute atomic E-state index is 0.0565. The van der Waals surface area contributed by atoms with E-state index in [4.69, 9.17) is 0 Å². The predicted octanol–water partition coefficient (Wildman–Crippen LogP) is 2.22. The Morgan fingerprint density at radius 1 is 1.44 bits per heavy atom. The normalized spacial score (nSPS) is 15.9. The van der Waals surface area contributed by atoms with Crippen LogP contribution in [0.3, 0.4) is 0 Å². The fourth-order valence-corrected chi connectivity index (χ4v) is 1.53. The van der Waals surface area contributed by atoms with Gasteiger partial charge in [0.25, 0.3) is 0 Å². The van der Waals surface area contributed by atoms with Crippen molar-refractivity contribution >= 4 is 6.21 Å². The number of pyridine rings is 1. The van der Waals surface area contributed by atoms with Gasteiger partial charge in [0, 0.05) is 25.1 Å². The first-order valence-corrected chi connectivity index (χ1v) is 5.39. The molecule has 1 aliphatic rings. The molecule has 1 heterocycles. The SMILES string of the molecule is O=[N+]([O-])C1=CC(N=Cc2ccccn2)=C(O)CC1. The van der Waals surface area contributed by atoms with Crippen LogP contribution in [0.1, 0.15) is 18.5 Å². The fraction of sp³-hybridized carbons (Fsp3) is 0.167. The summed E-state index contributed by atoms with van der Waals surface area (Å²) in [6.45, 7) is 0. The highest BCUT2D eigenvalue weighted by Gasteiger charge is 2.19. The summed E-state index contributed by atoms with van der Waals surface area (Å²) in [6, 6.07) is 5.34. The zero-order chi connectivity index (χ0) is 13.0. The monoisotopic (exact) mass is 245 g/mol. The van der Waals surface area contributed by atoms with Gasteiger partial charge >= 0.3 is 0 Å². The Kier molecular flexibility index (Phi) is 3.47. The lowest BCUT2D eigenvalue weighted by molar-refractivity contribution is -0.428. The van der Waals surface area contributed by atoms with Crippen molar-refractivity contribution in [2.45, 2.75) is 12.8 Å². The standard InChI is InChI=1S/C12H11N3O3/c16-12-5-4-10(15(17)18)7-11(12)14-8-9-3-1-2-6-13-9/h1-3,6-8,16H,4-5H2. The first kappa shape index (κ1) is 12.0. The molecular formula is C12H11N3O3. The van der Waals surface area contributed by atoms with Crippen LogP contribution in [0.25, 0.3) is 0 Å². The van der Waals surface area contributed by atoms with Gasteiger partial charge in [0.2, 0.25) is 5.70 Å². The number of aliphatic imine (C=N–C) groups is 1. The summed E-state index contributed by atoms with van der Waals surface area (Å²) in [6.07, 6.45) is 4.83. The van der Waals surface area contributed by atoms with Crippen molar-refractivity contribution in [3.63, 3.8) is 0 Å². The summed E-state index contributed by atoms with van der Waals surface area (Å²) in [5.74, 6) is 0.0628. The van der Waals surface area contributed by atoms with E-state index < -0.39 is 4.92 Å². The summed E-state index contributed by atoms with van der Waals surface area (Å²) >= 11 is 0. The van der Waals surface area contributed by atoms with E-state index in [-0.39, 0.29) is 30.0 Å². The van der Waals surface area contributed by atoms with Gasteiger partial charge in [-0.3, -0.25) is 20.1 Å². The lowest BCUT2D eigenvalue weighted by atomic mass is 10.1. The van der Waals surface area contributed by atoms with Crippen molar-refractivity contribution in [1.82, 2.24) is 4.98 Å². The molecule has 1 aromatic rings. The molecule has 0 fully saturated rings. The van der Waals surface area contributed by atoms with Crippen molar-refractivity contribution in [2.24, 2.45) is 4.99 Å². The molecule has 0 aromatic carbocycles. The van der Waals surface area contributed by atoms with Gasteiger partial charge in [0.1, 0.15) is 11.5 Å². The van der Waals surface area contributed by atoms with Gasteiger partial charge in [0.05, 0.1) is 16.8 Å². The van der Waals surface area contributed by atoms with Crippen LogP contribution in [0.4, 0.5) is 0 Å². The molecule has 1 aromatic heterocycles. The number of allylic oxidation sites excluding steroid dienone is 3. The second kappa shape index (κ2) is 5.22. The molecule has 1 aliphatic carbocycles. The summed E-state index contributed by atoms with van der Waals surface area (Å²) in [4.78, 5) is 18.3. The number of aliphatic hydroxyl groups excluding tert-OH is 1. The van der Waals surface area contributed by atoms with Gasteiger partial charge in [-0.25, -0.2) is 0 Å². The lowest BCUT2D eigenvalue weighted by Gasteiger charge is -2.07. The maximum Gasteiger partial charge on any atom is 0.248 e. The van der Waals surface area contributed by atoms with Crippen molar-refractivity contribution in [3.05, 3.63) is 63.4 Å². The molecule has 1 N–H and O–H groups in total. The largest absolute Gasteiger partial charge is 0.510 e. The maximum absolute atomic E-state index is 10.6. The molecule has 6 heteroatoms. The first-order valence-electron chi connectivity index (χ1n) is 5.39. The summed E-state index contributed by atoms with van der Waals surface area (Å²) in [7, 11) is 0. The molecule has 0 radical (unpaired) electrons. The van der Waals surface area contributed by atoms with E-state index in [1.54, 1.807) is 18.3 Å². The first-order chi connectivity index (χ1) is 8.66. The van der Waals surface area contributed by atoms with Crippen molar-refractivity contribution in [1.29, 1.82) is 0 Å². The third-order valence-corrected chi connectivity index (χ3v) is 2.48. The maximum atomic E-state index is 10.6. The number of aliphatic hydroxyl groups is 1. The van der Waals surface area contributed by atoms with E-state index >= 15 is 0 Å². The molecule has 0 atom stereocenters. The van der Waals surface area contributed by atoms with Crippen molar-refractivity contribution in [3.8, 4) is 0 Å². The third kappa shape index (κ3) is 2.79. The number of aromatic nitrogens is 1. The Hall–Kier alpha value is -2.50. The molecule has 0 aliphatic heterocycles. The predicted molar refractivity (Wildman–Crippen MR) is 65.8 cm³/mol. The third-order valence-electron chi connectivity index (χ3n) is 2.48. The highest BCUT2D eigenvalue weighted by atomic mass is 16.6. The van der Waals surface area contributed by atoms with Gasteiger partial charge in [-0.1, -0.05) is 6.07 Å². The summed E-state index contributed by atoms with van der Waals surface area (Å²) < 4.78 is 0. The van der Waals surface area contributed by atoms with Gasteiger partial charge in [-0.05, 0) is 12.1 Å². The molecule has 0 bridgehead atoms. The second-order valence-corrected chi connectivity index (χ2v) is 3.74. The molecule has 0 saturated carbocycles. The molecular weight excluding hydrogens is 234 g/mol. The van der Waals surface area contributed by atoms with Crippen LogP contribution in [0.5, 0.6) is 0 Å². The number of nitro groups is 1. The zero-order valence-corrected chi connectivity index (χ0v) is 9.48. The second-order valence-electron chi connectivity index (χ2n) is 3.74. The number of nitrogens with zero attached hydrogens (tertiary/aromatic N) is 3. The molecule has 0 unspecified atom stereocenters. The van der Waals surface area contributed by atoms with Crippen LogP contribution in [-0.2, 0) is 0 Å². The Morgan fingerprint density at radius 3 is 2.94 bits per heavy atom. The van der Waals surface area contributed by atoms with E-state index in [0.717, 1.165) is 0 Å². The Morgan fingerprint density at radius 2 is 2.28 bits per heavy atom. The van der Waals surface area contributed by atoms with Crippen LogP contribution in [0.2, 0.25) is 0 Å². The van der Waals surface area contributed by atoms with Crippen LogP contribution < -0.4 is 0 Å². The average Bonchev–Trinajstić information content (AvgIpc) is 2.38. The van der Waals surface area contributed by atoms with Crippen molar-refractivity contribution < 1.29 is 10.0 Å². The highest BCUT2D eigenvalue weighted by Crippen LogP contribution is 2.23. The molecule has 18 heavy (non-hydrogen) atoms. The minimum Gasteiger partial charge on any atom is -0.510 e. The Bertz CT molecular complexity index is 547. The van der Waals surface area contributed by atoms with E-state index in [2.05, 4.69) is 9.98 Å².